The molecule has 2 saturated heterocycles. The fraction of sp³-hybridized carbons (Fsp3) is 0.562. The highest BCUT2D eigenvalue weighted by atomic mass is 35.5. The van der Waals surface area contributed by atoms with Gasteiger partial charge in [0.15, 0.2) is 0 Å². The van der Waals surface area contributed by atoms with Crippen LogP contribution in [0.25, 0.3) is 0 Å². The molecular formula is C32H42ClF2N3O2. The van der Waals surface area contributed by atoms with Gasteiger partial charge in [0.25, 0.3) is 0 Å². The lowest BCUT2D eigenvalue weighted by atomic mass is 9.82. The van der Waals surface area contributed by atoms with E-state index >= 15 is 0 Å². The van der Waals surface area contributed by atoms with Crippen molar-refractivity contribution in [3.8, 4) is 0 Å². The zero-order valence-corrected chi connectivity index (χ0v) is 25.2. The van der Waals surface area contributed by atoms with Crippen LogP contribution in [0.3, 0.4) is 0 Å². The minimum absolute atomic E-state index is 0.0331. The summed E-state index contributed by atoms with van der Waals surface area (Å²) in [6, 6.07) is 7.70. The van der Waals surface area contributed by atoms with Gasteiger partial charge in [-0.05, 0) is 87.3 Å². The smallest absolute Gasteiger partial charge is 0.227 e. The van der Waals surface area contributed by atoms with Crippen LogP contribution in [-0.2, 0) is 9.59 Å². The number of halogens is 3. The van der Waals surface area contributed by atoms with E-state index in [0.29, 0.717) is 36.8 Å². The van der Waals surface area contributed by atoms with Crippen LogP contribution in [0.1, 0.15) is 94.0 Å². The predicted molar refractivity (Wildman–Crippen MR) is 156 cm³/mol. The normalized spacial score (nSPS) is 21.5. The van der Waals surface area contributed by atoms with Crippen LogP contribution in [0.15, 0.2) is 30.3 Å². The molecule has 0 unspecified atom stereocenters. The molecule has 0 radical (unpaired) electrons. The second-order valence-electron chi connectivity index (χ2n) is 12.4. The van der Waals surface area contributed by atoms with E-state index in [9.17, 15) is 18.4 Å². The van der Waals surface area contributed by atoms with Gasteiger partial charge in [0.2, 0.25) is 11.8 Å². The Labute approximate surface area is 242 Å². The van der Waals surface area contributed by atoms with Gasteiger partial charge in [0.1, 0.15) is 11.6 Å². The first kappa shape index (κ1) is 30.4. The number of hydrogen-bond acceptors (Lipinski definition) is 3. The zero-order chi connectivity index (χ0) is 29.4. The molecule has 2 aliphatic heterocycles. The van der Waals surface area contributed by atoms with Gasteiger partial charge in [-0.15, -0.1) is 0 Å². The van der Waals surface area contributed by atoms with E-state index in [2.05, 4.69) is 44.0 Å². The highest BCUT2D eigenvalue weighted by molar-refractivity contribution is 6.31. The number of piperidine rings is 1. The Morgan fingerprint density at radius 3 is 2.33 bits per heavy atom. The van der Waals surface area contributed by atoms with Gasteiger partial charge in [-0.2, -0.15) is 0 Å². The number of aryl methyl sites for hydroxylation is 1. The molecule has 2 aromatic carbocycles. The van der Waals surface area contributed by atoms with Gasteiger partial charge in [0, 0.05) is 55.6 Å². The van der Waals surface area contributed by atoms with Crippen molar-refractivity contribution in [2.75, 3.05) is 26.2 Å². The summed E-state index contributed by atoms with van der Waals surface area (Å²) in [5.74, 6) is -1.77. The molecule has 8 heteroatoms. The van der Waals surface area contributed by atoms with E-state index in [1.165, 1.54) is 19.1 Å². The van der Waals surface area contributed by atoms with Crippen molar-refractivity contribution in [3.05, 3.63) is 69.2 Å². The summed E-state index contributed by atoms with van der Waals surface area (Å²) in [6.07, 6.45) is 2.32. The van der Waals surface area contributed by atoms with Crippen LogP contribution < -0.4 is 5.32 Å². The SMILES string of the molecule is CC[C@@H](NC(C)=O)c1cc(C)c(Cl)cc1C1CCN(C(=O)[C@@H]2CN(C(C)(C)C)C[C@H]2c2ccc(F)cc2F)CC1. The van der Waals surface area contributed by atoms with Gasteiger partial charge in [-0.1, -0.05) is 30.7 Å². The van der Waals surface area contributed by atoms with E-state index in [1.807, 2.05) is 17.9 Å². The lowest BCUT2D eigenvalue weighted by molar-refractivity contribution is -0.136. The molecule has 40 heavy (non-hydrogen) atoms. The van der Waals surface area contributed by atoms with Crippen LogP contribution in [0.4, 0.5) is 8.78 Å². The van der Waals surface area contributed by atoms with Gasteiger partial charge in [0.05, 0.1) is 12.0 Å². The standard InChI is InChI=1S/C32H42ClF2N3O2/c1-7-30(36-20(3)39)25-14-19(2)28(33)16-24(25)21-10-12-37(13-11-21)31(40)27-18-38(32(4,5)6)17-26(27)23-9-8-22(34)15-29(23)35/h8-9,14-16,21,26-27,30H,7,10-13,17-18H2,1-6H3,(H,36,39)/t26-,27+,30+/m0/s1. The van der Waals surface area contributed by atoms with Crippen LogP contribution in [0, 0.1) is 24.5 Å². The number of benzene rings is 2. The summed E-state index contributed by atoms with van der Waals surface area (Å²) < 4.78 is 28.6. The summed E-state index contributed by atoms with van der Waals surface area (Å²) in [4.78, 5) is 30.0. The first-order valence-electron chi connectivity index (χ1n) is 14.4. The largest absolute Gasteiger partial charge is 0.350 e. The highest BCUT2D eigenvalue weighted by Gasteiger charge is 2.45. The van der Waals surface area contributed by atoms with E-state index in [0.717, 1.165) is 42.0 Å². The molecule has 2 aromatic rings. The molecule has 2 fully saturated rings. The van der Waals surface area contributed by atoms with E-state index < -0.39 is 17.6 Å². The average molecular weight is 574 g/mol. The fourth-order valence-corrected chi connectivity index (χ4v) is 6.56. The molecule has 1 N–H and O–H groups in total. The fourth-order valence-electron chi connectivity index (χ4n) is 6.38. The molecule has 3 atom stereocenters. The van der Waals surface area contributed by atoms with Crippen LogP contribution in [0.5, 0.6) is 0 Å². The first-order valence-corrected chi connectivity index (χ1v) is 14.7. The minimum Gasteiger partial charge on any atom is -0.350 e. The Bertz CT molecular complexity index is 1250. The van der Waals surface area contributed by atoms with Gasteiger partial charge < -0.3 is 10.2 Å². The summed E-state index contributed by atoms with van der Waals surface area (Å²) in [6.45, 7) is 14.1. The van der Waals surface area contributed by atoms with E-state index in [4.69, 9.17) is 11.6 Å². The van der Waals surface area contributed by atoms with Crippen LogP contribution >= 0.6 is 11.6 Å². The van der Waals surface area contributed by atoms with Crippen molar-refractivity contribution in [1.82, 2.24) is 15.1 Å². The molecule has 0 aromatic heterocycles. The molecule has 0 spiro atoms. The number of carbonyl (C=O) groups excluding carboxylic acids is 2. The lowest BCUT2D eigenvalue weighted by Crippen LogP contribution is -2.44. The maximum Gasteiger partial charge on any atom is 0.227 e. The Morgan fingerprint density at radius 2 is 1.75 bits per heavy atom. The van der Waals surface area contributed by atoms with Gasteiger partial charge in [-0.25, -0.2) is 8.78 Å². The summed E-state index contributed by atoms with van der Waals surface area (Å²) in [5.41, 5.74) is 3.42. The molecule has 218 valence electrons. The van der Waals surface area contributed by atoms with Crippen LogP contribution in [0.2, 0.25) is 5.02 Å². The average Bonchev–Trinajstić information content (AvgIpc) is 3.34. The van der Waals surface area contributed by atoms with Crippen LogP contribution in [-0.4, -0.2) is 53.3 Å². The van der Waals surface area contributed by atoms with E-state index in [1.54, 1.807) is 0 Å². The second-order valence-corrected chi connectivity index (χ2v) is 12.9. The van der Waals surface area contributed by atoms with Crippen molar-refractivity contribution >= 4 is 23.4 Å². The zero-order valence-electron chi connectivity index (χ0n) is 24.5. The van der Waals surface area contributed by atoms with Crippen molar-refractivity contribution in [2.24, 2.45) is 5.92 Å². The predicted octanol–water partition coefficient (Wildman–Crippen LogP) is 6.73. The molecule has 0 saturated carbocycles. The third-order valence-electron chi connectivity index (χ3n) is 8.72. The van der Waals surface area contributed by atoms with Gasteiger partial charge >= 0.3 is 0 Å². The van der Waals surface area contributed by atoms with E-state index in [-0.39, 0.29) is 35.2 Å². The minimum atomic E-state index is -0.615. The molecule has 2 heterocycles. The molecule has 0 aliphatic carbocycles. The quantitative estimate of drug-likeness (QED) is 0.417. The summed E-state index contributed by atoms with van der Waals surface area (Å²) in [5, 5.41) is 3.78. The lowest BCUT2D eigenvalue weighted by Gasteiger charge is -2.36. The van der Waals surface area contributed by atoms with Crippen molar-refractivity contribution in [2.45, 2.75) is 84.2 Å². The third kappa shape index (κ3) is 6.52. The Morgan fingerprint density at radius 1 is 1.07 bits per heavy atom. The molecule has 5 nitrogen and oxygen atoms in total. The maximum absolute atomic E-state index is 14.9. The van der Waals surface area contributed by atoms with Crippen molar-refractivity contribution in [3.63, 3.8) is 0 Å². The maximum atomic E-state index is 14.9. The second kappa shape index (κ2) is 12.2. The summed E-state index contributed by atoms with van der Waals surface area (Å²) >= 11 is 6.56. The number of nitrogens with one attached hydrogen (secondary N) is 1. The Kier molecular flexibility index (Phi) is 9.25. The number of likely N-dealkylation sites (tertiary alicyclic amines) is 2. The Balaban J connectivity index is 1.55. The molecule has 2 amide bonds. The third-order valence-corrected chi connectivity index (χ3v) is 9.13. The number of rotatable bonds is 6. The monoisotopic (exact) mass is 573 g/mol. The van der Waals surface area contributed by atoms with Gasteiger partial charge in [-0.3, -0.25) is 14.5 Å². The molecule has 4 rings (SSSR count). The number of carbonyl (C=O) groups is 2. The Hall–Kier alpha value is -2.51. The van der Waals surface area contributed by atoms with Crippen molar-refractivity contribution < 1.29 is 18.4 Å². The first-order chi connectivity index (χ1) is 18.8. The molecule has 2 aliphatic rings. The summed E-state index contributed by atoms with van der Waals surface area (Å²) in [7, 11) is 0. The number of hydrogen-bond donors (Lipinski definition) is 1. The molecular weight excluding hydrogens is 532 g/mol. The van der Waals surface area contributed by atoms with Crippen molar-refractivity contribution in [1.29, 1.82) is 0 Å². The topological polar surface area (TPSA) is 52.7 Å². The number of nitrogens with zero attached hydrogens (tertiary/aromatic N) is 2. The highest BCUT2D eigenvalue weighted by Crippen LogP contribution is 2.41. The molecule has 0 bridgehead atoms. The number of amides is 2.